The number of nitrogens with zero attached hydrogens (tertiary/aromatic N) is 1. The Labute approximate surface area is 158 Å². The summed E-state index contributed by atoms with van der Waals surface area (Å²) < 4.78 is 7.50. The summed E-state index contributed by atoms with van der Waals surface area (Å²) >= 11 is 0. The number of rotatable bonds is 6. The molecule has 0 spiro atoms. The highest BCUT2D eigenvalue weighted by Crippen LogP contribution is 2.30. The van der Waals surface area contributed by atoms with Crippen LogP contribution in [0.2, 0.25) is 0 Å². The number of para-hydroxylation sites is 1. The Morgan fingerprint density at radius 1 is 0.889 bits per heavy atom. The molecule has 27 heavy (non-hydrogen) atoms. The molecule has 1 heterocycles. The third-order valence-corrected chi connectivity index (χ3v) is 4.85. The molecule has 4 rings (SSSR count). The minimum atomic E-state index is 0.161. The number of methoxy groups -OCH3 is 1. The second-order valence-corrected chi connectivity index (χ2v) is 6.51. The van der Waals surface area contributed by atoms with E-state index in [0.29, 0.717) is 13.0 Å². The van der Waals surface area contributed by atoms with Crippen LogP contribution in [0.4, 0.5) is 0 Å². The van der Waals surface area contributed by atoms with Crippen molar-refractivity contribution in [3.63, 3.8) is 0 Å². The average Bonchev–Trinajstić information content (AvgIpc) is 3.11. The predicted molar refractivity (Wildman–Crippen MR) is 109 cm³/mol. The molecule has 0 amide bonds. The van der Waals surface area contributed by atoms with Crippen LogP contribution in [0.15, 0.2) is 84.9 Å². The zero-order valence-corrected chi connectivity index (χ0v) is 15.3. The van der Waals surface area contributed by atoms with Gasteiger partial charge in [-0.15, -0.1) is 0 Å². The van der Waals surface area contributed by atoms with Gasteiger partial charge in [-0.25, -0.2) is 0 Å². The molecule has 0 unspecified atom stereocenters. The molecular weight excluding hydrogens is 334 g/mol. The molecule has 0 aliphatic rings. The number of fused-ring (bicyclic) bond motifs is 1. The van der Waals surface area contributed by atoms with Gasteiger partial charge < -0.3 is 9.30 Å². The molecule has 0 aliphatic heterocycles. The van der Waals surface area contributed by atoms with Crippen molar-refractivity contribution in [2.75, 3.05) is 7.11 Å². The van der Waals surface area contributed by atoms with E-state index in [4.69, 9.17) is 4.74 Å². The first kappa shape index (κ1) is 17.1. The topological polar surface area (TPSA) is 31.2 Å². The minimum absolute atomic E-state index is 0.161. The number of ketones is 1. The molecule has 3 aromatic carbocycles. The number of Topliss-reactive ketones (excluding diaryl/α,β-unsaturated/α-hetero) is 1. The van der Waals surface area contributed by atoms with Gasteiger partial charge in [-0.2, -0.15) is 0 Å². The maximum Gasteiger partial charge on any atom is 0.164 e. The first-order valence-corrected chi connectivity index (χ1v) is 9.07. The highest BCUT2D eigenvalue weighted by atomic mass is 16.5. The number of aromatic nitrogens is 1. The zero-order valence-electron chi connectivity index (χ0n) is 15.3. The fraction of sp³-hybridized carbons (Fsp3) is 0.125. The van der Waals surface area contributed by atoms with E-state index in [0.717, 1.165) is 28.1 Å². The summed E-state index contributed by atoms with van der Waals surface area (Å²) in [6, 6.07) is 28.0. The van der Waals surface area contributed by atoms with Crippen LogP contribution in [-0.2, 0) is 6.54 Å². The first-order chi connectivity index (χ1) is 13.3. The maximum absolute atomic E-state index is 12.6. The van der Waals surface area contributed by atoms with Gasteiger partial charge in [0.15, 0.2) is 5.78 Å². The molecule has 3 heteroatoms. The number of carbonyl (C=O) groups is 1. The SMILES string of the molecule is COc1ccc(-c2cc3ccccc3n2CCC(=O)c2ccccc2)cc1. The Bertz CT molecular complexity index is 1060. The van der Waals surface area contributed by atoms with Crippen molar-refractivity contribution in [3.05, 3.63) is 90.5 Å². The standard InChI is InChI=1S/C24H21NO2/c1-27-21-13-11-18(12-14-21)23-17-20-9-5-6-10-22(20)25(23)16-15-24(26)19-7-3-2-4-8-19/h2-14,17H,15-16H2,1H3. The molecule has 4 aromatic rings. The lowest BCUT2D eigenvalue weighted by Crippen LogP contribution is -2.07. The zero-order chi connectivity index (χ0) is 18.6. The lowest BCUT2D eigenvalue weighted by molar-refractivity contribution is 0.0977. The van der Waals surface area contributed by atoms with Crippen LogP contribution in [-0.4, -0.2) is 17.5 Å². The number of benzene rings is 3. The van der Waals surface area contributed by atoms with Crippen molar-refractivity contribution in [2.24, 2.45) is 0 Å². The van der Waals surface area contributed by atoms with Gasteiger partial charge in [0.05, 0.1) is 7.11 Å². The van der Waals surface area contributed by atoms with Gasteiger partial charge >= 0.3 is 0 Å². The number of aryl methyl sites for hydroxylation is 1. The van der Waals surface area contributed by atoms with Gasteiger partial charge in [0, 0.05) is 35.1 Å². The van der Waals surface area contributed by atoms with Crippen molar-refractivity contribution in [1.29, 1.82) is 0 Å². The van der Waals surface area contributed by atoms with E-state index in [-0.39, 0.29) is 5.78 Å². The Morgan fingerprint density at radius 2 is 1.59 bits per heavy atom. The monoisotopic (exact) mass is 355 g/mol. The highest BCUT2D eigenvalue weighted by Gasteiger charge is 2.13. The average molecular weight is 355 g/mol. The molecule has 0 atom stereocenters. The summed E-state index contributed by atoms with van der Waals surface area (Å²) in [6.45, 7) is 0.641. The Morgan fingerprint density at radius 3 is 2.33 bits per heavy atom. The van der Waals surface area contributed by atoms with Crippen LogP contribution in [0, 0.1) is 0 Å². The third-order valence-electron chi connectivity index (χ3n) is 4.85. The molecule has 0 saturated heterocycles. The minimum Gasteiger partial charge on any atom is -0.497 e. The molecule has 1 aromatic heterocycles. The fourth-order valence-electron chi connectivity index (χ4n) is 3.43. The van der Waals surface area contributed by atoms with Gasteiger partial charge in [0.1, 0.15) is 5.75 Å². The molecule has 0 radical (unpaired) electrons. The molecule has 0 fully saturated rings. The fourth-order valence-corrected chi connectivity index (χ4v) is 3.43. The smallest absolute Gasteiger partial charge is 0.164 e. The van der Waals surface area contributed by atoms with Gasteiger partial charge in [0.25, 0.3) is 0 Å². The van der Waals surface area contributed by atoms with Gasteiger partial charge in [0.2, 0.25) is 0 Å². The number of hydrogen-bond donors (Lipinski definition) is 0. The van der Waals surface area contributed by atoms with Gasteiger partial charge in [-0.3, -0.25) is 4.79 Å². The largest absolute Gasteiger partial charge is 0.497 e. The number of ether oxygens (including phenoxy) is 1. The van der Waals surface area contributed by atoms with Crippen molar-refractivity contribution in [3.8, 4) is 17.0 Å². The second kappa shape index (κ2) is 7.50. The summed E-state index contributed by atoms with van der Waals surface area (Å²) in [7, 11) is 1.67. The van der Waals surface area contributed by atoms with E-state index in [1.807, 2.05) is 54.6 Å². The van der Waals surface area contributed by atoms with Crippen LogP contribution in [0.25, 0.3) is 22.2 Å². The summed E-state index contributed by atoms with van der Waals surface area (Å²) in [5.74, 6) is 0.995. The van der Waals surface area contributed by atoms with E-state index in [9.17, 15) is 4.79 Å². The molecule has 0 bridgehead atoms. The molecule has 0 saturated carbocycles. The first-order valence-electron chi connectivity index (χ1n) is 9.07. The van der Waals surface area contributed by atoms with Crippen LogP contribution in [0.5, 0.6) is 5.75 Å². The van der Waals surface area contributed by atoms with E-state index in [2.05, 4.69) is 34.9 Å². The summed E-state index contributed by atoms with van der Waals surface area (Å²) in [5.41, 5.74) is 4.13. The van der Waals surface area contributed by atoms with Crippen LogP contribution in [0.3, 0.4) is 0 Å². The van der Waals surface area contributed by atoms with Crippen LogP contribution < -0.4 is 4.74 Å². The van der Waals surface area contributed by atoms with Gasteiger partial charge in [-0.1, -0.05) is 48.5 Å². The highest BCUT2D eigenvalue weighted by molar-refractivity contribution is 5.96. The second-order valence-electron chi connectivity index (χ2n) is 6.51. The van der Waals surface area contributed by atoms with E-state index in [1.54, 1.807) is 7.11 Å². The van der Waals surface area contributed by atoms with Crippen molar-refractivity contribution in [1.82, 2.24) is 4.57 Å². The Hall–Kier alpha value is -3.33. The van der Waals surface area contributed by atoms with Crippen molar-refractivity contribution in [2.45, 2.75) is 13.0 Å². The van der Waals surface area contributed by atoms with Gasteiger partial charge in [-0.05, 0) is 42.0 Å². The molecule has 0 N–H and O–H groups in total. The summed E-state index contributed by atoms with van der Waals surface area (Å²) in [6.07, 6.45) is 0.464. The lowest BCUT2D eigenvalue weighted by atomic mass is 10.1. The van der Waals surface area contributed by atoms with Crippen LogP contribution >= 0.6 is 0 Å². The Kier molecular flexibility index (Phi) is 4.75. The van der Waals surface area contributed by atoms with Crippen molar-refractivity contribution < 1.29 is 9.53 Å². The van der Waals surface area contributed by atoms with E-state index in [1.165, 1.54) is 5.39 Å². The summed E-state index contributed by atoms with van der Waals surface area (Å²) in [5, 5.41) is 1.18. The molecule has 3 nitrogen and oxygen atoms in total. The summed E-state index contributed by atoms with van der Waals surface area (Å²) in [4.78, 5) is 12.6. The normalized spacial score (nSPS) is 10.9. The Balaban J connectivity index is 1.68. The molecule has 134 valence electrons. The number of hydrogen-bond acceptors (Lipinski definition) is 2. The number of carbonyl (C=O) groups excluding carboxylic acids is 1. The molecular formula is C24H21NO2. The van der Waals surface area contributed by atoms with E-state index >= 15 is 0 Å². The molecule has 0 aliphatic carbocycles. The van der Waals surface area contributed by atoms with Crippen molar-refractivity contribution >= 4 is 16.7 Å². The predicted octanol–water partition coefficient (Wildman–Crippen LogP) is 5.59. The van der Waals surface area contributed by atoms with E-state index < -0.39 is 0 Å². The lowest BCUT2D eigenvalue weighted by Gasteiger charge is -2.11. The maximum atomic E-state index is 12.6. The third kappa shape index (κ3) is 3.49. The quantitative estimate of drug-likeness (QED) is 0.422. The van der Waals surface area contributed by atoms with Crippen LogP contribution in [0.1, 0.15) is 16.8 Å².